The summed E-state index contributed by atoms with van der Waals surface area (Å²) in [5.41, 5.74) is 1.78. The third-order valence-electron chi connectivity index (χ3n) is 12.3. The Morgan fingerprint density at radius 2 is 1.66 bits per heavy atom. The number of benzene rings is 2. The summed E-state index contributed by atoms with van der Waals surface area (Å²) >= 11 is 0. The highest BCUT2D eigenvalue weighted by molar-refractivity contribution is 7.92. The van der Waals surface area contributed by atoms with Crippen LogP contribution < -0.4 is 10.2 Å². The van der Waals surface area contributed by atoms with Crippen molar-refractivity contribution < 1.29 is 32.2 Å². The number of alkyl carbamates (subject to hydrolysis) is 1. The summed E-state index contributed by atoms with van der Waals surface area (Å²) in [6.07, 6.45) is 4.65. The Bertz CT molecular complexity index is 1640. The number of carbonyl (C=O) groups excluding carboxylic acids is 1. The van der Waals surface area contributed by atoms with E-state index in [0.29, 0.717) is 11.8 Å². The molecule has 0 radical (unpaired) electrons. The summed E-state index contributed by atoms with van der Waals surface area (Å²) in [7, 11) is -2.15. The molecule has 0 unspecified atom stereocenters. The largest absolute Gasteiger partial charge is 0.465 e. The van der Waals surface area contributed by atoms with Gasteiger partial charge in [-0.25, -0.2) is 22.4 Å². The van der Waals surface area contributed by atoms with Crippen LogP contribution in [-0.2, 0) is 20.0 Å². The number of sulfone groups is 1. The molecular weight excluding hydrogens is 662 g/mol. The minimum absolute atomic E-state index is 0.0133. The fraction of sp³-hybridized carbons (Fsp3) is 0.622. The van der Waals surface area contributed by atoms with Crippen molar-refractivity contribution in [3.8, 4) is 0 Å². The average molecular weight is 712 g/mol. The van der Waals surface area contributed by atoms with Crippen LogP contribution in [0.4, 0.5) is 19.7 Å². The zero-order valence-corrected chi connectivity index (χ0v) is 29.7. The van der Waals surface area contributed by atoms with Gasteiger partial charge < -0.3 is 34.8 Å². The molecule has 5 aliphatic rings. The number of anilines is 1. The summed E-state index contributed by atoms with van der Waals surface area (Å²) in [4.78, 5) is 32.2. The molecule has 4 saturated heterocycles. The molecule has 4 heterocycles. The molecule has 272 valence electrons. The van der Waals surface area contributed by atoms with Gasteiger partial charge in [-0.3, -0.25) is 0 Å². The monoisotopic (exact) mass is 711 g/mol. The molecule has 4 aliphatic heterocycles. The van der Waals surface area contributed by atoms with Gasteiger partial charge in [0.25, 0.3) is 0 Å². The Hall–Kier alpha value is -3.42. The van der Waals surface area contributed by atoms with Crippen molar-refractivity contribution in [2.24, 2.45) is 17.8 Å². The van der Waals surface area contributed by atoms with E-state index in [0.717, 1.165) is 101 Å². The molecule has 1 saturated carbocycles. The maximum atomic E-state index is 14.9. The van der Waals surface area contributed by atoms with E-state index in [-0.39, 0.29) is 41.2 Å². The molecule has 3 atom stereocenters. The highest BCUT2D eigenvalue weighted by atomic mass is 32.2. The maximum absolute atomic E-state index is 14.9. The van der Waals surface area contributed by atoms with Gasteiger partial charge in [-0.05, 0) is 112 Å². The standard InChI is InChI=1S/C37H50FN5O6S/c1-49-35(44)39-34-8-3-7-33(34)37(25-41-15-4-16-41,28-5-2-6-29(38)19-28)27-13-17-40(18-14-27)20-26-21-42(22-26)30-9-11-31(12-10-30)50(47,48)32-23-43(24-32)36(45)46/h2,5-6,9-12,19,26-27,32-34H,3-4,7-8,13-18,20-25H2,1H3,(H,39,44)(H,45,46)/t33-,34-,37-/m0/s1. The molecular formula is C37H50FN5O6S. The number of hydrogen-bond donors (Lipinski definition) is 2. The Morgan fingerprint density at radius 1 is 0.940 bits per heavy atom. The number of carbonyl (C=O) groups is 2. The first-order chi connectivity index (χ1) is 24.1. The van der Waals surface area contributed by atoms with E-state index in [1.165, 1.54) is 19.6 Å². The lowest BCUT2D eigenvalue weighted by Gasteiger charge is -2.54. The van der Waals surface area contributed by atoms with E-state index in [1.54, 1.807) is 18.2 Å². The lowest BCUT2D eigenvalue weighted by Crippen LogP contribution is -2.60. The number of piperidine rings is 1. The second kappa shape index (κ2) is 14.3. The zero-order valence-electron chi connectivity index (χ0n) is 28.9. The van der Waals surface area contributed by atoms with Crippen LogP contribution >= 0.6 is 0 Å². The van der Waals surface area contributed by atoms with Gasteiger partial charge in [0.15, 0.2) is 9.84 Å². The van der Waals surface area contributed by atoms with E-state index in [9.17, 15) is 22.4 Å². The van der Waals surface area contributed by atoms with Gasteiger partial charge in [0.05, 0.1) is 12.0 Å². The van der Waals surface area contributed by atoms with Crippen LogP contribution in [0.1, 0.15) is 44.1 Å². The Morgan fingerprint density at radius 3 is 2.28 bits per heavy atom. The van der Waals surface area contributed by atoms with Gasteiger partial charge >= 0.3 is 12.2 Å². The minimum atomic E-state index is -3.56. The number of rotatable bonds is 11. The normalized spacial score (nSPS) is 25.3. The third kappa shape index (κ3) is 6.80. The SMILES string of the molecule is COC(=O)N[C@H]1CCC[C@@H]1[C@](CN1CCC1)(c1cccc(F)c1)C1CCN(CC2CN(c3ccc(S(=O)(=O)C4CN(C(=O)O)C4)cc3)C2)CC1. The molecule has 2 aromatic carbocycles. The number of amides is 2. The van der Waals surface area contributed by atoms with Crippen molar-refractivity contribution in [1.29, 1.82) is 0 Å². The molecule has 2 N–H and O–H groups in total. The molecule has 5 fully saturated rings. The highest BCUT2D eigenvalue weighted by Crippen LogP contribution is 2.51. The predicted molar refractivity (Wildman–Crippen MR) is 188 cm³/mol. The van der Waals surface area contributed by atoms with Crippen molar-refractivity contribution in [1.82, 2.24) is 20.0 Å². The first-order valence-electron chi connectivity index (χ1n) is 18.2. The van der Waals surface area contributed by atoms with E-state index in [1.807, 2.05) is 18.2 Å². The minimum Gasteiger partial charge on any atom is -0.465 e. The summed E-state index contributed by atoms with van der Waals surface area (Å²) in [5.74, 6) is 0.852. The third-order valence-corrected chi connectivity index (χ3v) is 14.4. The molecule has 0 aromatic heterocycles. The summed E-state index contributed by atoms with van der Waals surface area (Å²) < 4.78 is 45.9. The fourth-order valence-electron chi connectivity index (χ4n) is 9.46. The fourth-order valence-corrected chi connectivity index (χ4v) is 11.1. The predicted octanol–water partition coefficient (Wildman–Crippen LogP) is 4.28. The van der Waals surface area contributed by atoms with Crippen molar-refractivity contribution in [2.45, 2.75) is 60.1 Å². The maximum Gasteiger partial charge on any atom is 0.407 e. The Balaban J connectivity index is 0.989. The van der Waals surface area contributed by atoms with Crippen molar-refractivity contribution in [3.63, 3.8) is 0 Å². The zero-order chi connectivity index (χ0) is 35.0. The molecule has 13 heteroatoms. The van der Waals surface area contributed by atoms with Gasteiger partial charge in [-0.15, -0.1) is 0 Å². The number of nitrogens with zero attached hydrogens (tertiary/aromatic N) is 4. The molecule has 0 bridgehead atoms. The lowest BCUT2D eigenvalue weighted by molar-refractivity contribution is 0.0223. The summed E-state index contributed by atoms with van der Waals surface area (Å²) in [5, 5.41) is 11.5. The smallest absolute Gasteiger partial charge is 0.407 e. The average Bonchev–Trinajstić information content (AvgIpc) is 3.50. The Labute approximate surface area is 294 Å². The Kier molecular flexibility index (Phi) is 10.0. The van der Waals surface area contributed by atoms with Crippen LogP contribution in [0.25, 0.3) is 0 Å². The number of likely N-dealkylation sites (tertiary alicyclic amines) is 3. The van der Waals surface area contributed by atoms with Gasteiger partial charge in [-0.2, -0.15) is 0 Å². The highest BCUT2D eigenvalue weighted by Gasteiger charge is 2.53. The van der Waals surface area contributed by atoms with Crippen LogP contribution in [-0.4, -0.2) is 124 Å². The summed E-state index contributed by atoms with van der Waals surface area (Å²) in [6, 6.07) is 14.2. The second-order valence-corrected chi connectivity index (χ2v) is 17.4. The van der Waals surface area contributed by atoms with E-state index in [2.05, 4.69) is 26.1 Å². The van der Waals surface area contributed by atoms with Crippen molar-refractivity contribution in [3.05, 3.63) is 59.9 Å². The number of carboxylic acid groups (broad SMARTS) is 1. The van der Waals surface area contributed by atoms with E-state index >= 15 is 0 Å². The van der Waals surface area contributed by atoms with Crippen LogP contribution in [0.15, 0.2) is 53.4 Å². The van der Waals surface area contributed by atoms with Crippen LogP contribution in [0, 0.1) is 23.6 Å². The summed E-state index contributed by atoms with van der Waals surface area (Å²) in [6.45, 7) is 7.81. The van der Waals surface area contributed by atoms with Crippen LogP contribution in [0.3, 0.4) is 0 Å². The number of methoxy groups -OCH3 is 1. The number of hydrogen-bond acceptors (Lipinski definition) is 8. The second-order valence-electron chi connectivity index (χ2n) is 15.2. The number of halogens is 1. The van der Waals surface area contributed by atoms with Crippen molar-refractivity contribution in [2.75, 3.05) is 77.5 Å². The first-order valence-corrected chi connectivity index (χ1v) is 19.7. The molecule has 2 aromatic rings. The van der Waals surface area contributed by atoms with Gasteiger partial charge in [0.2, 0.25) is 0 Å². The van der Waals surface area contributed by atoms with E-state index < -0.39 is 27.3 Å². The molecule has 7 rings (SSSR count). The van der Waals surface area contributed by atoms with Crippen LogP contribution in [0.2, 0.25) is 0 Å². The van der Waals surface area contributed by atoms with Crippen LogP contribution in [0.5, 0.6) is 0 Å². The van der Waals surface area contributed by atoms with Gasteiger partial charge in [0.1, 0.15) is 11.1 Å². The molecule has 2 amide bonds. The molecule has 0 spiro atoms. The van der Waals surface area contributed by atoms with Crippen molar-refractivity contribution >= 4 is 27.7 Å². The van der Waals surface area contributed by atoms with E-state index in [4.69, 9.17) is 9.84 Å². The molecule has 50 heavy (non-hydrogen) atoms. The number of ether oxygens (including phenoxy) is 1. The number of nitrogens with one attached hydrogen (secondary N) is 1. The van der Waals surface area contributed by atoms with Gasteiger partial charge in [-0.1, -0.05) is 18.6 Å². The first kappa shape index (κ1) is 35.0. The quantitative estimate of drug-likeness (QED) is 0.352. The van der Waals surface area contributed by atoms with Gasteiger partial charge in [0, 0.05) is 62.3 Å². The molecule has 11 nitrogen and oxygen atoms in total. The lowest BCUT2D eigenvalue weighted by atomic mass is 9.57. The topological polar surface area (TPSA) is 123 Å². The molecule has 1 aliphatic carbocycles.